The smallest absolute Gasteiger partial charge is 0.231 e. The summed E-state index contributed by atoms with van der Waals surface area (Å²) in [5, 5.41) is 10.0. The minimum absolute atomic E-state index is 0.168. The molecular weight excluding hydrogens is 410 g/mol. The van der Waals surface area contributed by atoms with Gasteiger partial charge in [-0.15, -0.1) is 10.2 Å². The van der Waals surface area contributed by atoms with E-state index < -0.39 is 0 Å². The van der Waals surface area contributed by atoms with E-state index in [1.807, 2.05) is 6.07 Å². The van der Waals surface area contributed by atoms with Crippen LogP contribution in [-0.4, -0.2) is 39.8 Å². The highest BCUT2D eigenvalue weighted by Crippen LogP contribution is 2.44. The summed E-state index contributed by atoms with van der Waals surface area (Å²) in [7, 11) is 2.11. The zero-order valence-corrected chi connectivity index (χ0v) is 18.5. The predicted octanol–water partition coefficient (Wildman–Crippen LogP) is 4.28. The molecular formula is C24H26ClN5O. The van der Waals surface area contributed by atoms with Crippen LogP contribution in [0.2, 0.25) is 5.02 Å². The molecule has 2 aromatic carbocycles. The number of aromatic nitrogens is 3. The molecule has 4 heterocycles. The van der Waals surface area contributed by atoms with Gasteiger partial charge in [0.15, 0.2) is 5.82 Å². The van der Waals surface area contributed by atoms with Crippen molar-refractivity contribution in [1.29, 1.82) is 0 Å². The summed E-state index contributed by atoms with van der Waals surface area (Å²) in [6, 6.07) is 14.8. The average Bonchev–Trinajstić information content (AvgIpc) is 3.20. The first kappa shape index (κ1) is 19.3. The lowest BCUT2D eigenvalue weighted by Crippen LogP contribution is -2.30. The second kappa shape index (κ2) is 7.33. The second-order valence-corrected chi connectivity index (χ2v) is 9.41. The Morgan fingerprint density at radius 2 is 1.90 bits per heavy atom. The maximum atomic E-state index is 6.42. The largest absolute Gasteiger partial charge is 0.366 e. The number of hydrogen-bond donors (Lipinski definition) is 0. The van der Waals surface area contributed by atoms with Crippen LogP contribution in [0.1, 0.15) is 41.8 Å². The summed E-state index contributed by atoms with van der Waals surface area (Å²) < 4.78 is 8.66. The van der Waals surface area contributed by atoms with E-state index in [1.165, 1.54) is 16.7 Å². The minimum atomic E-state index is -0.168. The Bertz CT molecular complexity index is 1140. The zero-order valence-electron chi connectivity index (χ0n) is 17.7. The van der Waals surface area contributed by atoms with Gasteiger partial charge in [0.25, 0.3) is 0 Å². The molecule has 3 aliphatic rings. The first-order valence-electron chi connectivity index (χ1n) is 11.0. The monoisotopic (exact) mass is 435 g/mol. The fourth-order valence-corrected chi connectivity index (χ4v) is 5.65. The van der Waals surface area contributed by atoms with Crippen LogP contribution >= 0.6 is 11.6 Å². The molecule has 1 spiro atoms. The molecule has 3 aliphatic heterocycles. The lowest BCUT2D eigenvalue weighted by atomic mass is 9.86. The van der Waals surface area contributed by atoms with E-state index in [2.05, 4.69) is 68.0 Å². The van der Waals surface area contributed by atoms with E-state index in [-0.39, 0.29) is 5.60 Å². The average molecular weight is 436 g/mol. The Morgan fingerprint density at radius 1 is 1.00 bits per heavy atom. The fourth-order valence-electron chi connectivity index (χ4n) is 5.45. The lowest BCUT2D eigenvalue weighted by molar-refractivity contribution is -0.0466. The molecule has 7 heteroatoms. The van der Waals surface area contributed by atoms with Crippen molar-refractivity contribution in [3.8, 4) is 5.69 Å². The van der Waals surface area contributed by atoms with Crippen molar-refractivity contribution >= 4 is 17.5 Å². The van der Waals surface area contributed by atoms with Crippen molar-refractivity contribution in [3.63, 3.8) is 0 Å². The van der Waals surface area contributed by atoms with E-state index in [1.54, 1.807) is 0 Å². The minimum Gasteiger partial charge on any atom is -0.366 e. The van der Waals surface area contributed by atoms with Crippen molar-refractivity contribution in [2.45, 2.75) is 44.6 Å². The van der Waals surface area contributed by atoms with Gasteiger partial charge in [-0.1, -0.05) is 35.9 Å². The third-order valence-electron chi connectivity index (χ3n) is 6.94. The van der Waals surface area contributed by atoms with Crippen LogP contribution < -0.4 is 4.90 Å². The Labute approximate surface area is 187 Å². The highest BCUT2D eigenvalue weighted by atomic mass is 35.5. The summed E-state index contributed by atoms with van der Waals surface area (Å²) in [5.41, 5.74) is 4.87. The van der Waals surface area contributed by atoms with Crippen molar-refractivity contribution in [2.24, 2.45) is 0 Å². The van der Waals surface area contributed by atoms with Gasteiger partial charge in [0.05, 0.1) is 24.4 Å². The molecule has 0 radical (unpaired) electrons. The van der Waals surface area contributed by atoms with Gasteiger partial charge in [-0.2, -0.15) is 0 Å². The summed E-state index contributed by atoms with van der Waals surface area (Å²) >= 11 is 6.32. The van der Waals surface area contributed by atoms with Gasteiger partial charge in [0, 0.05) is 24.7 Å². The number of fused-ring (bicyclic) bond motifs is 5. The quantitative estimate of drug-likeness (QED) is 0.570. The predicted molar refractivity (Wildman–Crippen MR) is 121 cm³/mol. The third kappa shape index (κ3) is 3.16. The standard InChI is InChI=1S/C24H26ClN5O/c1-28-14-18-13-19(25)7-8-21(18)30-22(15-28)26-27-23(30)29-11-4-9-24(10-12-29)20-6-3-2-5-17(20)16-31-24/h2-3,5-8,13H,4,9-12,14-16H2,1H3. The van der Waals surface area contributed by atoms with Crippen LogP contribution in [0.4, 0.5) is 5.95 Å². The summed E-state index contributed by atoms with van der Waals surface area (Å²) in [5.74, 6) is 1.90. The van der Waals surface area contributed by atoms with Gasteiger partial charge >= 0.3 is 0 Å². The van der Waals surface area contributed by atoms with Crippen LogP contribution in [0.25, 0.3) is 5.69 Å². The number of anilines is 1. The number of halogens is 1. The molecule has 6 rings (SSSR count). The maximum Gasteiger partial charge on any atom is 0.231 e. The fraction of sp³-hybridized carbons (Fsp3) is 0.417. The molecule has 0 aliphatic carbocycles. The molecule has 0 bridgehead atoms. The molecule has 6 nitrogen and oxygen atoms in total. The SMILES string of the molecule is CN1Cc2cc(Cl)ccc2-n2c(nnc2N2CCCC3(CC2)OCc2ccccc23)C1. The summed E-state index contributed by atoms with van der Waals surface area (Å²) in [4.78, 5) is 4.65. The van der Waals surface area contributed by atoms with Gasteiger partial charge in [0.1, 0.15) is 0 Å². The molecule has 3 aromatic rings. The zero-order chi connectivity index (χ0) is 21.0. The van der Waals surface area contributed by atoms with Crippen LogP contribution in [0.5, 0.6) is 0 Å². The molecule has 31 heavy (non-hydrogen) atoms. The summed E-state index contributed by atoms with van der Waals surface area (Å²) in [6.07, 6.45) is 3.06. The Morgan fingerprint density at radius 3 is 2.84 bits per heavy atom. The van der Waals surface area contributed by atoms with Gasteiger partial charge in [-0.3, -0.25) is 9.47 Å². The maximum absolute atomic E-state index is 6.42. The molecule has 1 unspecified atom stereocenters. The lowest BCUT2D eigenvalue weighted by Gasteiger charge is -2.28. The van der Waals surface area contributed by atoms with E-state index in [0.29, 0.717) is 0 Å². The van der Waals surface area contributed by atoms with Gasteiger partial charge in [-0.25, -0.2) is 0 Å². The van der Waals surface area contributed by atoms with Gasteiger partial charge in [-0.05, 0) is 61.2 Å². The second-order valence-electron chi connectivity index (χ2n) is 8.98. The van der Waals surface area contributed by atoms with Gasteiger partial charge < -0.3 is 9.64 Å². The number of benzene rings is 2. The molecule has 0 amide bonds. The Hall–Kier alpha value is -2.41. The van der Waals surface area contributed by atoms with E-state index in [9.17, 15) is 0 Å². The van der Waals surface area contributed by atoms with Crippen molar-refractivity contribution < 1.29 is 4.74 Å². The first-order valence-corrected chi connectivity index (χ1v) is 11.4. The topological polar surface area (TPSA) is 46.4 Å². The van der Waals surface area contributed by atoms with Crippen LogP contribution in [0, 0.1) is 0 Å². The number of rotatable bonds is 1. The number of ether oxygens (including phenoxy) is 1. The molecule has 160 valence electrons. The molecule has 1 aromatic heterocycles. The van der Waals surface area contributed by atoms with Crippen molar-refractivity contribution in [2.75, 3.05) is 25.0 Å². The van der Waals surface area contributed by atoms with Crippen LogP contribution in [-0.2, 0) is 30.0 Å². The highest BCUT2D eigenvalue weighted by molar-refractivity contribution is 6.30. The highest BCUT2D eigenvalue weighted by Gasteiger charge is 2.41. The van der Waals surface area contributed by atoms with Crippen molar-refractivity contribution in [1.82, 2.24) is 19.7 Å². The Kier molecular flexibility index (Phi) is 4.56. The van der Waals surface area contributed by atoms with Crippen LogP contribution in [0.15, 0.2) is 42.5 Å². The third-order valence-corrected chi connectivity index (χ3v) is 7.17. The molecule has 0 saturated carbocycles. The number of hydrogen-bond acceptors (Lipinski definition) is 5. The van der Waals surface area contributed by atoms with Crippen molar-refractivity contribution in [3.05, 3.63) is 70.0 Å². The van der Waals surface area contributed by atoms with Gasteiger partial charge in [0.2, 0.25) is 5.95 Å². The molecule has 1 fully saturated rings. The Balaban J connectivity index is 1.36. The summed E-state index contributed by atoms with van der Waals surface area (Å²) in [6.45, 7) is 4.16. The number of nitrogens with zero attached hydrogens (tertiary/aromatic N) is 5. The van der Waals surface area contributed by atoms with Crippen LogP contribution in [0.3, 0.4) is 0 Å². The first-order chi connectivity index (χ1) is 15.1. The molecule has 1 atom stereocenters. The molecule has 0 N–H and O–H groups in total. The van der Waals surface area contributed by atoms with E-state index >= 15 is 0 Å². The van der Waals surface area contributed by atoms with E-state index in [0.717, 1.165) is 74.5 Å². The normalized spacial score (nSPS) is 23.2. The van der Waals surface area contributed by atoms with E-state index in [4.69, 9.17) is 16.3 Å². The molecule has 1 saturated heterocycles.